The highest BCUT2D eigenvalue weighted by atomic mass is 35.5. The van der Waals surface area contributed by atoms with Crippen molar-refractivity contribution in [3.63, 3.8) is 0 Å². The molecule has 0 unspecified atom stereocenters. The van der Waals surface area contributed by atoms with Gasteiger partial charge in [0.15, 0.2) is 6.61 Å². The standard InChI is InChI=1S/C18H18Cl2N2O3/c1-12-2-4-13(5-3-12)18(24)22-9-8-21-17(23)11-25-16-7-6-14(19)10-15(16)20/h2-7,10H,8-9,11H2,1H3,(H,21,23)(H,22,24). The third-order valence-corrected chi connectivity index (χ3v) is 3.83. The minimum atomic E-state index is -0.310. The summed E-state index contributed by atoms with van der Waals surface area (Å²) in [4.78, 5) is 23.6. The van der Waals surface area contributed by atoms with Crippen molar-refractivity contribution in [2.45, 2.75) is 6.92 Å². The molecule has 0 atom stereocenters. The Morgan fingerprint density at radius 1 is 1.00 bits per heavy atom. The van der Waals surface area contributed by atoms with Gasteiger partial charge in [-0.15, -0.1) is 0 Å². The summed E-state index contributed by atoms with van der Waals surface area (Å²) in [5.74, 6) is -0.108. The molecule has 0 saturated heterocycles. The van der Waals surface area contributed by atoms with E-state index in [1.807, 2.05) is 19.1 Å². The lowest BCUT2D eigenvalue weighted by Gasteiger charge is -2.09. The van der Waals surface area contributed by atoms with Crippen molar-refractivity contribution in [2.75, 3.05) is 19.7 Å². The molecule has 25 heavy (non-hydrogen) atoms. The molecule has 2 amide bonds. The van der Waals surface area contributed by atoms with Gasteiger partial charge in [-0.2, -0.15) is 0 Å². The van der Waals surface area contributed by atoms with Crippen molar-refractivity contribution in [1.29, 1.82) is 0 Å². The van der Waals surface area contributed by atoms with Gasteiger partial charge in [-0.05, 0) is 37.3 Å². The molecule has 0 saturated carbocycles. The summed E-state index contributed by atoms with van der Waals surface area (Å²) in [6.45, 7) is 2.40. The summed E-state index contributed by atoms with van der Waals surface area (Å²) in [7, 11) is 0. The highest BCUT2D eigenvalue weighted by Gasteiger charge is 2.07. The maximum atomic E-state index is 11.9. The number of hydrogen-bond acceptors (Lipinski definition) is 3. The molecule has 0 aliphatic carbocycles. The summed E-state index contributed by atoms with van der Waals surface area (Å²) in [5.41, 5.74) is 1.67. The second-order valence-corrected chi connectivity index (χ2v) is 6.18. The van der Waals surface area contributed by atoms with E-state index < -0.39 is 0 Å². The second-order valence-electron chi connectivity index (χ2n) is 5.34. The first kappa shape index (κ1) is 19.1. The van der Waals surface area contributed by atoms with Crippen LogP contribution < -0.4 is 15.4 Å². The number of benzene rings is 2. The van der Waals surface area contributed by atoms with Gasteiger partial charge in [0.2, 0.25) is 0 Å². The highest BCUT2D eigenvalue weighted by molar-refractivity contribution is 6.35. The zero-order valence-electron chi connectivity index (χ0n) is 13.6. The lowest BCUT2D eigenvalue weighted by atomic mass is 10.1. The molecule has 0 aromatic heterocycles. The summed E-state index contributed by atoms with van der Waals surface area (Å²) in [5, 5.41) is 6.21. The molecule has 2 aromatic rings. The van der Waals surface area contributed by atoms with Gasteiger partial charge in [0, 0.05) is 23.7 Å². The normalized spacial score (nSPS) is 10.2. The van der Waals surface area contributed by atoms with Crippen LogP contribution in [-0.4, -0.2) is 31.5 Å². The van der Waals surface area contributed by atoms with Crippen LogP contribution in [0.4, 0.5) is 0 Å². The summed E-state index contributed by atoms with van der Waals surface area (Å²) in [6.07, 6.45) is 0. The van der Waals surface area contributed by atoms with Crippen molar-refractivity contribution in [3.05, 3.63) is 63.6 Å². The molecule has 132 valence electrons. The molecule has 0 heterocycles. The molecule has 5 nitrogen and oxygen atoms in total. The summed E-state index contributed by atoms with van der Waals surface area (Å²) in [6, 6.07) is 12.0. The van der Waals surface area contributed by atoms with E-state index in [0.717, 1.165) is 5.56 Å². The van der Waals surface area contributed by atoms with E-state index in [2.05, 4.69) is 10.6 Å². The SMILES string of the molecule is Cc1ccc(C(=O)NCCNC(=O)COc2ccc(Cl)cc2Cl)cc1. The highest BCUT2D eigenvalue weighted by Crippen LogP contribution is 2.27. The van der Waals surface area contributed by atoms with Gasteiger partial charge in [0.25, 0.3) is 11.8 Å². The molecule has 0 aliphatic heterocycles. The molecule has 2 rings (SSSR count). The Kier molecular flexibility index (Phi) is 7.10. The predicted octanol–water partition coefficient (Wildman–Crippen LogP) is 3.23. The van der Waals surface area contributed by atoms with Gasteiger partial charge in [0.05, 0.1) is 5.02 Å². The van der Waals surface area contributed by atoms with Gasteiger partial charge >= 0.3 is 0 Å². The fourth-order valence-electron chi connectivity index (χ4n) is 1.97. The topological polar surface area (TPSA) is 67.4 Å². The minimum absolute atomic E-state index is 0.173. The number of aryl methyl sites for hydroxylation is 1. The average Bonchev–Trinajstić information content (AvgIpc) is 2.58. The first-order valence-corrected chi connectivity index (χ1v) is 8.41. The predicted molar refractivity (Wildman–Crippen MR) is 98.5 cm³/mol. The van der Waals surface area contributed by atoms with E-state index in [1.54, 1.807) is 24.3 Å². The summed E-state index contributed by atoms with van der Waals surface area (Å²) < 4.78 is 5.32. The van der Waals surface area contributed by atoms with Crippen LogP contribution >= 0.6 is 23.2 Å². The Hall–Kier alpha value is -2.24. The van der Waals surface area contributed by atoms with Gasteiger partial charge in [-0.3, -0.25) is 9.59 Å². The smallest absolute Gasteiger partial charge is 0.258 e. The van der Waals surface area contributed by atoms with Crippen LogP contribution in [0.5, 0.6) is 5.75 Å². The number of nitrogens with one attached hydrogen (secondary N) is 2. The zero-order chi connectivity index (χ0) is 18.2. The number of hydrogen-bond donors (Lipinski definition) is 2. The van der Waals surface area contributed by atoms with Crippen LogP contribution in [0, 0.1) is 6.92 Å². The van der Waals surface area contributed by atoms with Gasteiger partial charge < -0.3 is 15.4 Å². The molecule has 0 radical (unpaired) electrons. The molecule has 7 heteroatoms. The number of ether oxygens (including phenoxy) is 1. The van der Waals surface area contributed by atoms with Crippen LogP contribution in [0.25, 0.3) is 0 Å². The van der Waals surface area contributed by atoms with Crippen molar-refractivity contribution in [3.8, 4) is 5.75 Å². The van der Waals surface area contributed by atoms with Crippen LogP contribution in [0.3, 0.4) is 0 Å². The molecular formula is C18H18Cl2N2O3. The van der Waals surface area contributed by atoms with Gasteiger partial charge in [-0.1, -0.05) is 40.9 Å². The van der Waals surface area contributed by atoms with Crippen LogP contribution in [0.2, 0.25) is 10.0 Å². The first-order valence-electron chi connectivity index (χ1n) is 7.65. The number of carbonyl (C=O) groups excluding carboxylic acids is 2. The average molecular weight is 381 g/mol. The number of halogens is 2. The third-order valence-electron chi connectivity index (χ3n) is 3.30. The van der Waals surface area contributed by atoms with Crippen LogP contribution in [0.15, 0.2) is 42.5 Å². The zero-order valence-corrected chi connectivity index (χ0v) is 15.2. The van der Waals surface area contributed by atoms with Gasteiger partial charge in [0.1, 0.15) is 5.75 Å². The van der Waals surface area contributed by atoms with Gasteiger partial charge in [-0.25, -0.2) is 0 Å². The molecule has 2 N–H and O–H groups in total. The first-order chi connectivity index (χ1) is 12.0. The maximum absolute atomic E-state index is 11.9. The number of amides is 2. The quantitative estimate of drug-likeness (QED) is 0.724. The number of rotatable bonds is 7. The maximum Gasteiger partial charge on any atom is 0.258 e. The Balaban J connectivity index is 1.66. The molecular weight excluding hydrogens is 363 g/mol. The lowest BCUT2D eigenvalue weighted by Crippen LogP contribution is -2.36. The van der Waals surface area contributed by atoms with Crippen molar-refractivity contribution < 1.29 is 14.3 Å². The van der Waals surface area contributed by atoms with Crippen molar-refractivity contribution >= 4 is 35.0 Å². The monoisotopic (exact) mass is 380 g/mol. The second kappa shape index (κ2) is 9.30. The molecule has 2 aromatic carbocycles. The van der Waals surface area contributed by atoms with E-state index >= 15 is 0 Å². The van der Waals surface area contributed by atoms with E-state index in [0.29, 0.717) is 34.4 Å². The molecule has 0 fully saturated rings. The van der Waals surface area contributed by atoms with E-state index in [1.165, 1.54) is 6.07 Å². The number of carbonyl (C=O) groups is 2. The minimum Gasteiger partial charge on any atom is -0.482 e. The Labute approximate surface area is 156 Å². The Bertz CT molecular complexity index is 748. The van der Waals surface area contributed by atoms with E-state index in [-0.39, 0.29) is 18.4 Å². The van der Waals surface area contributed by atoms with Crippen molar-refractivity contribution in [2.24, 2.45) is 0 Å². The fraction of sp³-hybridized carbons (Fsp3) is 0.222. The Morgan fingerprint density at radius 2 is 1.68 bits per heavy atom. The lowest BCUT2D eigenvalue weighted by molar-refractivity contribution is -0.123. The molecule has 0 bridgehead atoms. The van der Waals surface area contributed by atoms with Crippen LogP contribution in [0.1, 0.15) is 15.9 Å². The fourth-order valence-corrected chi connectivity index (χ4v) is 2.43. The van der Waals surface area contributed by atoms with Crippen LogP contribution in [-0.2, 0) is 4.79 Å². The largest absolute Gasteiger partial charge is 0.482 e. The molecule has 0 aliphatic rings. The van der Waals surface area contributed by atoms with E-state index in [4.69, 9.17) is 27.9 Å². The Morgan fingerprint density at radius 3 is 2.36 bits per heavy atom. The summed E-state index contributed by atoms with van der Waals surface area (Å²) >= 11 is 11.7. The third kappa shape index (κ3) is 6.29. The molecule has 0 spiro atoms. The van der Waals surface area contributed by atoms with Crippen molar-refractivity contribution in [1.82, 2.24) is 10.6 Å². The van der Waals surface area contributed by atoms with E-state index in [9.17, 15) is 9.59 Å².